The zero-order valence-corrected chi connectivity index (χ0v) is 27.3. The van der Waals surface area contributed by atoms with E-state index in [1.54, 1.807) is 19.2 Å². The van der Waals surface area contributed by atoms with Crippen molar-refractivity contribution in [2.24, 2.45) is 10.7 Å². The molecule has 1 atom stereocenters. The number of benzene rings is 3. The van der Waals surface area contributed by atoms with Crippen LogP contribution in [0.4, 0.5) is 17.6 Å². The normalized spacial score (nSPS) is 16.0. The molecule has 1 amide bonds. The summed E-state index contributed by atoms with van der Waals surface area (Å²) in [6.07, 6.45) is 9.19. The van der Waals surface area contributed by atoms with E-state index in [1.165, 1.54) is 22.6 Å². The molecule has 45 heavy (non-hydrogen) atoms. The minimum atomic E-state index is -2.94. The van der Waals surface area contributed by atoms with Crippen LogP contribution in [0.1, 0.15) is 73.6 Å². The van der Waals surface area contributed by atoms with Crippen LogP contribution in [-0.2, 0) is 23.2 Å². The van der Waals surface area contributed by atoms with E-state index in [1.807, 2.05) is 30.3 Å². The molecule has 0 saturated heterocycles. The van der Waals surface area contributed by atoms with Crippen LogP contribution in [0, 0.1) is 0 Å². The molecule has 0 spiro atoms. The highest BCUT2D eigenvalue weighted by molar-refractivity contribution is 9.10. The number of nitrogens with zero attached hydrogens (tertiary/aromatic N) is 2. The first-order chi connectivity index (χ1) is 21.7. The molecule has 0 aliphatic carbocycles. The summed E-state index contributed by atoms with van der Waals surface area (Å²) in [5, 5.41) is 0. The molecule has 0 fully saturated rings. The fourth-order valence-electron chi connectivity index (χ4n) is 5.26. The Morgan fingerprint density at radius 3 is 1.87 bits per heavy atom. The Labute approximate surface area is 272 Å². The van der Waals surface area contributed by atoms with Crippen molar-refractivity contribution < 1.29 is 27.1 Å². The lowest BCUT2D eigenvalue weighted by molar-refractivity contribution is -0.129. The Hall–Kier alpha value is -3.40. The summed E-state index contributed by atoms with van der Waals surface area (Å²) in [5.74, 6) is -0.256. The SMILES string of the molecule is CN1C(=O)C(c2ccc(OC(F)F)cc2)(c2cccc(CCCCCCF)c2)N=C1N.FCCCCCCc1cccc(Br)c1. The quantitative estimate of drug-likeness (QED) is 0.121. The van der Waals surface area contributed by atoms with Crippen molar-refractivity contribution in [3.63, 3.8) is 0 Å². The summed E-state index contributed by atoms with van der Waals surface area (Å²) in [7, 11) is 1.55. The Morgan fingerprint density at radius 1 is 0.800 bits per heavy atom. The summed E-state index contributed by atoms with van der Waals surface area (Å²) in [5.41, 5.74) is 8.13. The number of rotatable bonds is 16. The van der Waals surface area contributed by atoms with Gasteiger partial charge in [0.05, 0.1) is 13.3 Å². The second kappa shape index (κ2) is 18.5. The zero-order valence-electron chi connectivity index (χ0n) is 25.7. The van der Waals surface area contributed by atoms with Crippen molar-refractivity contribution in [1.29, 1.82) is 0 Å². The van der Waals surface area contributed by atoms with Gasteiger partial charge in [0.25, 0.3) is 5.91 Å². The average Bonchev–Trinajstić information content (AvgIpc) is 3.26. The van der Waals surface area contributed by atoms with E-state index in [-0.39, 0.29) is 31.0 Å². The van der Waals surface area contributed by atoms with E-state index < -0.39 is 12.2 Å². The van der Waals surface area contributed by atoms with Crippen molar-refractivity contribution in [2.45, 2.75) is 76.4 Å². The highest BCUT2D eigenvalue weighted by Gasteiger charge is 2.49. The molecular weight excluding hydrogens is 650 g/mol. The fraction of sp³-hybridized carbons (Fsp3) is 0.429. The predicted molar refractivity (Wildman–Crippen MR) is 175 cm³/mol. The minimum Gasteiger partial charge on any atom is -0.435 e. The number of aryl methyl sites for hydroxylation is 2. The first-order valence-electron chi connectivity index (χ1n) is 15.4. The first kappa shape index (κ1) is 36.1. The van der Waals surface area contributed by atoms with E-state index in [9.17, 15) is 22.4 Å². The van der Waals surface area contributed by atoms with Crippen LogP contribution in [0.5, 0.6) is 5.75 Å². The molecule has 1 unspecified atom stereocenters. The van der Waals surface area contributed by atoms with E-state index in [0.29, 0.717) is 17.5 Å². The topological polar surface area (TPSA) is 67.9 Å². The van der Waals surface area contributed by atoms with Crippen LogP contribution in [0.3, 0.4) is 0 Å². The zero-order chi connectivity index (χ0) is 32.7. The maximum Gasteiger partial charge on any atom is 0.387 e. The van der Waals surface area contributed by atoms with Crippen LogP contribution in [0.25, 0.3) is 0 Å². The molecule has 244 valence electrons. The number of likely N-dealkylation sites (N-methyl/N-ethyl adjacent to an activating group) is 1. The van der Waals surface area contributed by atoms with Gasteiger partial charge in [0.1, 0.15) is 5.75 Å². The third-order valence-electron chi connectivity index (χ3n) is 7.67. The standard InChI is InChI=1S/C23H26F3N3O2.C12H16BrF/c1-29-20(30)23(28-22(29)27,17-10-12-19(13-11-17)31-21(25)26)18-9-6-8-16(15-18)7-4-2-3-5-14-24;13-12-8-5-7-11(10-12)6-3-1-2-4-9-14/h6,8-13,15,21H,2-5,7,14H2,1H3,(H2,27,28);5,7-8,10H,1-4,6,9H2. The monoisotopic (exact) mass is 691 g/mol. The lowest BCUT2D eigenvalue weighted by Gasteiger charge is -2.26. The maximum absolute atomic E-state index is 13.3. The second-order valence-corrected chi connectivity index (χ2v) is 11.9. The number of nitrogens with two attached hydrogens (primary N) is 1. The summed E-state index contributed by atoms with van der Waals surface area (Å²) in [4.78, 5) is 19.1. The molecule has 3 aromatic rings. The number of guanidine groups is 1. The molecule has 3 aromatic carbocycles. The summed E-state index contributed by atoms with van der Waals surface area (Å²) in [6.45, 7) is -3.40. The molecule has 1 aliphatic heterocycles. The lowest BCUT2D eigenvalue weighted by atomic mass is 9.82. The number of carbonyl (C=O) groups is 1. The highest BCUT2D eigenvalue weighted by Crippen LogP contribution is 2.40. The van der Waals surface area contributed by atoms with Gasteiger partial charge in [0.15, 0.2) is 11.5 Å². The van der Waals surface area contributed by atoms with Crippen LogP contribution < -0.4 is 10.5 Å². The minimum absolute atomic E-state index is 0.00770. The van der Waals surface area contributed by atoms with E-state index in [0.717, 1.165) is 67.8 Å². The number of alkyl halides is 4. The molecule has 2 N–H and O–H groups in total. The number of hydrogen-bond donors (Lipinski definition) is 1. The van der Waals surface area contributed by atoms with Gasteiger partial charge in [-0.1, -0.05) is 90.1 Å². The fourth-order valence-corrected chi connectivity index (χ4v) is 5.71. The summed E-state index contributed by atoms with van der Waals surface area (Å²) < 4.78 is 54.6. The van der Waals surface area contributed by atoms with Crippen molar-refractivity contribution in [2.75, 3.05) is 20.4 Å². The van der Waals surface area contributed by atoms with Crippen molar-refractivity contribution in [3.05, 3.63) is 99.5 Å². The van der Waals surface area contributed by atoms with Crippen molar-refractivity contribution in [1.82, 2.24) is 4.90 Å². The van der Waals surface area contributed by atoms with Crippen molar-refractivity contribution >= 4 is 27.8 Å². The average molecular weight is 693 g/mol. The van der Waals surface area contributed by atoms with Gasteiger partial charge in [0, 0.05) is 11.5 Å². The Morgan fingerprint density at radius 2 is 1.36 bits per heavy atom. The maximum atomic E-state index is 13.3. The Bertz CT molecular complexity index is 1370. The number of aliphatic imine (C=N–C) groups is 1. The van der Waals surface area contributed by atoms with Gasteiger partial charge >= 0.3 is 6.61 Å². The number of hydrogen-bond acceptors (Lipinski definition) is 4. The van der Waals surface area contributed by atoms with Crippen molar-refractivity contribution in [3.8, 4) is 5.75 Å². The largest absolute Gasteiger partial charge is 0.435 e. The molecule has 0 saturated carbocycles. The van der Waals surface area contributed by atoms with Gasteiger partial charge in [0.2, 0.25) is 0 Å². The van der Waals surface area contributed by atoms with Gasteiger partial charge in [-0.15, -0.1) is 0 Å². The smallest absolute Gasteiger partial charge is 0.387 e. The van der Waals surface area contributed by atoms with Crippen LogP contribution >= 0.6 is 15.9 Å². The van der Waals surface area contributed by atoms with E-state index in [4.69, 9.17) is 5.73 Å². The highest BCUT2D eigenvalue weighted by atomic mass is 79.9. The molecular formula is C35H42BrF4N3O2. The number of carbonyl (C=O) groups excluding carboxylic acids is 1. The molecule has 0 radical (unpaired) electrons. The van der Waals surface area contributed by atoms with Crippen LogP contribution in [0.15, 0.2) is 82.3 Å². The molecule has 0 aromatic heterocycles. The second-order valence-electron chi connectivity index (χ2n) is 11.0. The molecule has 4 rings (SSSR count). The number of halogens is 5. The predicted octanol–water partition coefficient (Wildman–Crippen LogP) is 8.91. The summed E-state index contributed by atoms with van der Waals surface area (Å²) >= 11 is 3.45. The van der Waals surface area contributed by atoms with Crippen LogP contribution in [-0.4, -0.2) is 43.8 Å². The third kappa shape index (κ3) is 10.6. The van der Waals surface area contributed by atoms with E-state index in [2.05, 4.69) is 43.9 Å². The van der Waals surface area contributed by atoms with E-state index >= 15 is 0 Å². The lowest BCUT2D eigenvalue weighted by Crippen LogP contribution is -2.41. The van der Waals surface area contributed by atoms with Gasteiger partial charge in [-0.2, -0.15) is 8.78 Å². The van der Waals surface area contributed by atoms with Gasteiger partial charge < -0.3 is 10.5 Å². The third-order valence-corrected chi connectivity index (χ3v) is 8.16. The molecule has 1 heterocycles. The van der Waals surface area contributed by atoms with Gasteiger partial charge in [-0.25, -0.2) is 4.99 Å². The number of ether oxygens (including phenoxy) is 1. The van der Waals surface area contributed by atoms with Gasteiger partial charge in [-0.3, -0.25) is 18.5 Å². The van der Waals surface area contributed by atoms with Crippen LogP contribution in [0.2, 0.25) is 0 Å². The Kier molecular flexibility index (Phi) is 14.9. The number of amides is 1. The Balaban J connectivity index is 0.000000330. The molecule has 0 bridgehead atoms. The van der Waals surface area contributed by atoms with Gasteiger partial charge in [-0.05, 0) is 85.0 Å². The summed E-state index contributed by atoms with van der Waals surface area (Å²) in [6, 6.07) is 21.8. The molecule has 5 nitrogen and oxygen atoms in total. The molecule has 10 heteroatoms. The first-order valence-corrected chi connectivity index (χ1v) is 16.1. The molecule has 1 aliphatic rings. The number of unbranched alkanes of at least 4 members (excludes halogenated alkanes) is 6.